The van der Waals surface area contributed by atoms with Crippen LogP contribution in [0.3, 0.4) is 0 Å². The number of carbonyl (C=O) groups is 1. The Morgan fingerprint density at radius 1 is 1.42 bits per heavy atom. The van der Waals surface area contributed by atoms with Crippen molar-refractivity contribution in [2.45, 2.75) is 13.8 Å². The summed E-state index contributed by atoms with van der Waals surface area (Å²) in [4.78, 5) is 12.0. The van der Waals surface area contributed by atoms with Gasteiger partial charge in [-0.05, 0) is 31.5 Å². The number of benzene rings is 1. The minimum absolute atomic E-state index is 0.247. The van der Waals surface area contributed by atoms with Gasteiger partial charge in [0.1, 0.15) is 0 Å². The molecule has 1 aromatic carbocycles. The van der Waals surface area contributed by atoms with Crippen molar-refractivity contribution in [3.05, 3.63) is 33.2 Å². The van der Waals surface area contributed by atoms with Crippen LogP contribution in [-0.4, -0.2) is 22.6 Å². The standard InChI is InChI=1S/C12H13BrN4OS/c1-3-14-12-17-16-11(19-12)10(18)15-9-6-8(13)5-4-7(9)2/h4-6H,3H2,1-2H3,(H,14,17)(H,15,18). The lowest BCUT2D eigenvalue weighted by molar-refractivity contribution is 0.102. The maximum atomic E-state index is 12.0. The van der Waals surface area contributed by atoms with Gasteiger partial charge < -0.3 is 10.6 Å². The highest BCUT2D eigenvalue weighted by Gasteiger charge is 2.13. The number of aryl methyl sites for hydroxylation is 1. The van der Waals surface area contributed by atoms with E-state index in [1.807, 2.05) is 32.0 Å². The second kappa shape index (κ2) is 6.12. The Morgan fingerprint density at radius 2 is 2.21 bits per heavy atom. The minimum Gasteiger partial charge on any atom is -0.360 e. The summed E-state index contributed by atoms with van der Waals surface area (Å²) in [6.07, 6.45) is 0. The van der Waals surface area contributed by atoms with E-state index in [1.165, 1.54) is 11.3 Å². The number of nitrogens with one attached hydrogen (secondary N) is 2. The van der Waals surface area contributed by atoms with Crippen molar-refractivity contribution in [2.24, 2.45) is 0 Å². The summed E-state index contributed by atoms with van der Waals surface area (Å²) in [5, 5.41) is 14.6. The highest BCUT2D eigenvalue weighted by Crippen LogP contribution is 2.22. The lowest BCUT2D eigenvalue weighted by atomic mass is 10.2. The van der Waals surface area contributed by atoms with Crippen molar-refractivity contribution in [3.63, 3.8) is 0 Å². The first-order chi connectivity index (χ1) is 9.10. The number of halogens is 1. The van der Waals surface area contributed by atoms with E-state index < -0.39 is 0 Å². The number of aromatic nitrogens is 2. The molecular weight excluding hydrogens is 328 g/mol. The van der Waals surface area contributed by atoms with Crippen molar-refractivity contribution in [1.29, 1.82) is 0 Å². The molecule has 0 radical (unpaired) electrons. The largest absolute Gasteiger partial charge is 0.360 e. The van der Waals surface area contributed by atoms with Gasteiger partial charge in [-0.3, -0.25) is 4.79 Å². The molecule has 2 aromatic rings. The molecule has 0 saturated carbocycles. The van der Waals surface area contributed by atoms with Crippen molar-refractivity contribution in [1.82, 2.24) is 10.2 Å². The lowest BCUT2D eigenvalue weighted by Crippen LogP contribution is -2.12. The summed E-state index contributed by atoms with van der Waals surface area (Å²) < 4.78 is 0.916. The van der Waals surface area contributed by atoms with Gasteiger partial charge in [0, 0.05) is 16.7 Å². The van der Waals surface area contributed by atoms with E-state index >= 15 is 0 Å². The molecule has 1 amide bonds. The Hall–Kier alpha value is -1.47. The molecule has 2 N–H and O–H groups in total. The van der Waals surface area contributed by atoms with E-state index in [9.17, 15) is 4.79 Å². The maximum absolute atomic E-state index is 12.0. The third kappa shape index (κ3) is 3.51. The van der Waals surface area contributed by atoms with Gasteiger partial charge in [-0.15, -0.1) is 10.2 Å². The van der Waals surface area contributed by atoms with Gasteiger partial charge in [0.15, 0.2) is 0 Å². The van der Waals surface area contributed by atoms with Crippen molar-refractivity contribution >= 4 is 44.0 Å². The van der Waals surface area contributed by atoms with Crippen LogP contribution in [0.5, 0.6) is 0 Å². The fraction of sp³-hybridized carbons (Fsp3) is 0.250. The molecule has 0 spiro atoms. The van der Waals surface area contributed by atoms with Crippen LogP contribution in [-0.2, 0) is 0 Å². The van der Waals surface area contributed by atoms with Crippen molar-refractivity contribution in [2.75, 3.05) is 17.2 Å². The molecule has 0 aliphatic rings. The Labute approximate surface area is 123 Å². The molecule has 0 aliphatic heterocycles. The predicted octanol–water partition coefficient (Wildman–Crippen LogP) is 3.29. The summed E-state index contributed by atoms with van der Waals surface area (Å²) >= 11 is 4.62. The van der Waals surface area contributed by atoms with Crippen LogP contribution >= 0.6 is 27.3 Å². The first kappa shape index (κ1) is 14.0. The van der Waals surface area contributed by atoms with E-state index in [0.717, 1.165) is 22.3 Å². The van der Waals surface area contributed by atoms with Gasteiger partial charge in [-0.25, -0.2) is 0 Å². The highest BCUT2D eigenvalue weighted by molar-refractivity contribution is 9.10. The first-order valence-corrected chi connectivity index (χ1v) is 7.36. The number of nitrogens with zero attached hydrogens (tertiary/aromatic N) is 2. The lowest BCUT2D eigenvalue weighted by Gasteiger charge is -2.06. The molecule has 100 valence electrons. The third-order valence-electron chi connectivity index (χ3n) is 2.40. The van der Waals surface area contributed by atoms with Crippen LogP contribution in [0, 0.1) is 6.92 Å². The molecule has 5 nitrogen and oxygen atoms in total. The van der Waals surface area contributed by atoms with Crippen LogP contribution in [0.25, 0.3) is 0 Å². The average molecular weight is 341 g/mol. The molecule has 1 aromatic heterocycles. The Balaban J connectivity index is 2.13. The SMILES string of the molecule is CCNc1nnc(C(=O)Nc2cc(Br)ccc2C)s1. The molecule has 2 rings (SSSR count). The number of amides is 1. The minimum atomic E-state index is -0.247. The molecule has 0 unspecified atom stereocenters. The summed E-state index contributed by atoms with van der Waals surface area (Å²) in [5.74, 6) is -0.247. The van der Waals surface area contributed by atoms with Gasteiger partial charge in [-0.1, -0.05) is 33.3 Å². The third-order valence-corrected chi connectivity index (χ3v) is 3.77. The molecule has 0 aliphatic carbocycles. The topological polar surface area (TPSA) is 66.9 Å². The van der Waals surface area contributed by atoms with Crippen LogP contribution in [0.15, 0.2) is 22.7 Å². The predicted molar refractivity (Wildman–Crippen MR) is 80.9 cm³/mol. The molecular formula is C12H13BrN4OS. The number of rotatable bonds is 4. The normalized spacial score (nSPS) is 10.3. The van der Waals surface area contributed by atoms with Crippen LogP contribution < -0.4 is 10.6 Å². The highest BCUT2D eigenvalue weighted by atomic mass is 79.9. The van der Waals surface area contributed by atoms with Gasteiger partial charge in [0.2, 0.25) is 10.1 Å². The Kier molecular flexibility index (Phi) is 4.49. The Morgan fingerprint density at radius 3 is 2.95 bits per heavy atom. The molecule has 19 heavy (non-hydrogen) atoms. The van der Waals surface area contributed by atoms with Gasteiger partial charge >= 0.3 is 0 Å². The van der Waals surface area contributed by atoms with E-state index in [4.69, 9.17) is 0 Å². The van der Waals surface area contributed by atoms with Crippen LogP contribution in [0.2, 0.25) is 0 Å². The summed E-state index contributed by atoms with van der Waals surface area (Å²) in [5.41, 5.74) is 1.76. The van der Waals surface area contributed by atoms with Gasteiger partial charge in [0.25, 0.3) is 5.91 Å². The number of hydrogen-bond donors (Lipinski definition) is 2. The molecule has 0 saturated heterocycles. The number of anilines is 2. The average Bonchev–Trinajstić information content (AvgIpc) is 2.83. The summed E-state index contributed by atoms with van der Waals surface area (Å²) in [6, 6.07) is 5.72. The molecule has 0 bridgehead atoms. The second-order valence-electron chi connectivity index (χ2n) is 3.86. The Bertz CT molecular complexity index is 599. The molecule has 0 fully saturated rings. The van der Waals surface area contributed by atoms with Crippen LogP contribution in [0.4, 0.5) is 10.8 Å². The van der Waals surface area contributed by atoms with E-state index in [-0.39, 0.29) is 5.91 Å². The van der Waals surface area contributed by atoms with E-state index in [0.29, 0.717) is 10.1 Å². The fourth-order valence-electron chi connectivity index (χ4n) is 1.44. The van der Waals surface area contributed by atoms with E-state index in [2.05, 4.69) is 36.8 Å². The molecule has 1 heterocycles. The number of hydrogen-bond acceptors (Lipinski definition) is 5. The zero-order valence-corrected chi connectivity index (χ0v) is 12.9. The van der Waals surface area contributed by atoms with Crippen molar-refractivity contribution in [3.8, 4) is 0 Å². The molecule has 7 heteroatoms. The second-order valence-corrected chi connectivity index (χ2v) is 5.75. The van der Waals surface area contributed by atoms with Gasteiger partial charge in [-0.2, -0.15) is 0 Å². The smallest absolute Gasteiger partial charge is 0.286 e. The number of carbonyl (C=O) groups excluding carboxylic acids is 1. The van der Waals surface area contributed by atoms with Gasteiger partial charge in [0.05, 0.1) is 0 Å². The monoisotopic (exact) mass is 340 g/mol. The maximum Gasteiger partial charge on any atom is 0.286 e. The molecule has 0 atom stereocenters. The van der Waals surface area contributed by atoms with Crippen LogP contribution in [0.1, 0.15) is 22.3 Å². The zero-order chi connectivity index (χ0) is 13.8. The zero-order valence-electron chi connectivity index (χ0n) is 10.5. The fourth-order valence-corrected chi connectivity index (χ4v) is 2.51. The van der Waals surface area contributed by atoms with E-state index in [1.54, 1.807) is 0 Å². The summed E-state index contributed by atoms with van der Waals surface area (Å²) in [7, 11) is 0. The quantitative estimate of drug-likeness (QED) is 0.896. The first-order valence-electron chi connectivity index (χ1n) is 5.75. The van der Waals surface area contributed by atoms with Crippen molar-refractivity contribution < 1.29 is 4.79 Å². The summed E-state index contributed by atoms with van der Waals surface area (Å²) in [6.45, 7) is 4.65.